The molecule has 0 spiro atoms. The lowest BCUT2D eigenvalue weighted by Gasteiger charge is -2.21. The van der Waals surface area contributed by atoms with Gasteiger partial charge < -0.3 is 33.8 Å². The highest BCUT2D eigenvalue weighted by molar-refractivity contribution is 7.47. The van der Waals surface area contributed by atoms with Crippen LogP contribution in [0.3, 0.4) is 0 Å². The number of aliphatic hydroxyl groups excluding tert-OH is 1. The van der Waals surface area contributed by atoms with E-state index in [0.717, 1.165) is 115 Å². The second-order valence-corrected chi connectivity index (χ2v) is 25.1. The molecule has 2 unspecified atom stereocenters. The summed E-state index contributed by atoms with van der Waals surface area (Å²) < 4.78 is 67.6. The number of rotatable bonds is 60. The van der Waals surface area contributed by atoms with Crippen molar-refractivity contribution in [3.8, 4) is 0 Å². The number of allylic oxidation sites excluding steroid dienone is 4. The van der Waals surface area contributed by atoms with Gasteiger partial charge >= 0.3 is 39.5 Å². The minimum atomic E-state index is -4.95. The second-order valence-electron chi connectivity index (χ2n) is 22.2. The maximum atomic E-state index is 12.9. The summed E-state index contributed by atoms with van der Waals surface area (Å²) in [5, 5.41) is 10.5. The van der Waals surface area contributed by atoms with E-state index in [-0.39, 0.29) is 25.7 Å². The summed E-state index contributed by atoms with van der Waals surface area (Å²) in [5.74, 6) is -1.44. The van der Waals surface area contributed by atoms with Crippen molar-refractivity contribution in [1.82, 2.24) is 0 Å². The summed E-state index contributed by atoms with van der Waals surface area (Å²) in [6.45, 7) is 6.98. The van der Waals surface area contributed by atoms with E-state index in [0.29, 0.717) is 25.7 Å². The quantitative estimate of drug-likeness (QED) is 0.0169. The summed E-state index contributed by atoms with van der Waals surface area (Å²) in [4.78, 5) is 71.8. The van der Waals surface area contributed by atoms with Crippen LogP contribution < -0.4 is 0 Å². The Bertz CT molecular complexity index is 1680. The fourth-order valence-electron chi connectivity index (χ4n) is 8.69. The normalized spacial score (nSPS) is 14.5. The van der Waals surface area contributed by atoms with Gasteiger partial charge in [-0.05, 0) is 57.3 Å². The summed E-state index contributed by atoms with van der Waals surface area (Å²) in [7, 11) is -9.88. The number of aliphatic hydroxyl groups is 1. The molecule has 0 fully saturated rings. The Balaban J connectivity index is 5.22. The van der Waals surface area contributed by atoms with Crippen LogP contribution in [0, 0.1) is 5.92 Å². The number of carbonyl (C=O) groups is 4. The van der Waals surface area contributed by atoms with Crippen LogP contribution in [0.5, 0.6) is 0 Å². The topological polar surface area (TPSA) is 237 Å². The summed E-state index contributed by atoms with van der Waals surface area (Å²) in [6, 6.07) is 0. The number of unbranched alkanes of at least 4 members (excludes halogenated alkanes) is 29. The molecule has 5 atom stereocenters. The molecule has 0 amide bonds. The third-order valence-corrected chi connectivity index (χ3v) is 15.6. The van der Waals surface area contributed by atoms with Gasteiger partial charge in [0.1, 0.15) is 19.3 Å². The predicted molar refractivity (Wildman–Crippen MR) is 321 cm³/mol. The third kappa shape index (κ3) is 56.4. The number of hydrogen-bond acceptors (Lipinski definition) is 15. The molecule has 0 radical (unpaired) electrons. The van der Waals surface area contributed by atoms with Crippen LogP contribution in [0.2, 0.25) is 0 Å². The average molecular weight is 1200 g/mol. The van der Waals surface area contributed by atoms with Crippen molar-refractivity contribution in [2.24, 2.45) is 5.92 Å². The van der Waals surface area contributed by atoms with Gasteiger partial charge in [-0.15, -0.1) is 0 Å². The lowest BCUT2D eigenvalue weighted by molar-refractivity contribution is -0.161. The van der Waals surface area contributed by atoms with Gasteiger partial charge in [-0.2, -0.15) is 0 Å². The van der Waals surface area contributed by atoms with Crippen LogP contribution in [0.15, 0.2) is 24.3 Å². The number of hydrogen-bond donors (Lipinski definition) is 3. The number of esters is 4. The van der Waals surface area contributed by atoms with Gasteiger partial charge in [0.15, 0.2) is 12.2 Å². The van der Waals surface area contributed by atoms with E-state index in [4.69, 9.17) is 37.0 Å². The molecule has 0 aliphatic carbocycles. The molecular weight excluding hydrogens is 1080 g/mol. The molecule has 17 nitrogen and oxygen atoms in total. The minimum Gasteiger partial charge on any atom is -0.462 e. The first-order valence-corrected chi connectivity index (χ1v) is 34.9. The Morgan fingerprint density at radius 2 is 0.667 bits per heavy atom. The van der Waals surface area contributed by atoms with Crippen molar-refractivity contribution in [2.45, 2.75) is 303 Å². The summed E-state index contributed by atoms with van der Waals surface area (Å²) in [5.41, 5.74) is 0. The number of phosphoric ester groups is 2. The minimum absolute atomic E-state index is 0.0845. The molecule has 0 aromatic heterocycles. The first kappa shape index (κ1) is 78.5. The third-order valence-electron chi connectivity index (χ3n) is 13.7. The zero-order valence-corrected chi connectivity index (χ0v) is 53.2. The lowest BCUT2D eigenvalue weighted by Crippen LogP contribution is -2.30. The molecule has 81 heavy (non-hydrogen) atoms. The molecule has 0 heterocycles. The van der Waals surface area contributed by atoms with E-state index in [1.54, 1.807) is 0 Å². The lowest BCUT2D eigenvalue weighted by atomic mass is 10.0. The van der Waals surface area contributed by atoms with Gasteiger partial charge in [-0.1, -0.05) is 232 Å². The monoisotopic (exact) mass is 1190 g/mol. The highest BCUT2D eigenvalue weighted by Gasteiger charge is 2.30. The van der Waals surface area contributed by atoms with Crippen LogP contribution in [-0.2, 0) is 65.4 Å². The number of ether oxygens (including phenoxy) is 4. The van der Waals surface area contributed by atoms with Crippen molar-refractivity contribution in [2.75, 3.05) is 39.6 Å². The highest BCUT2D eigenvalue weighted by atomic mass is 31.2. The zero-order chi connectivity index (χ0) is 59.9. The van der Waals surface area contributed by atoms with Crippen molar-refractivity contribution in [3.05, 3.63) is 24.3 Å². The predicted octanol–water partition coefficient (Wildman–Crippen LogP) is 16.6. The average Bonchev–Trinajstić information content (AvgIpc) is 3.43. The van der Waals surface area contributed by atoms with Crippen molar-refractivity contribution >= 4 is 39.5 Å². The Morgan fingerprint density at radius 3 is 1.01 bits per heavy atom. The standard InChI is InChI=1S/C62H116O17P2/c1-6-9-12-15-17-19-20-21-22-23-24-28-33-38-43-48-62(67)79-58(52-73-60(65)46-41-36-31-29-25-27-30-35-39-44-55(4)5)54-77-81(70,71)75-50-56(63)49-74-80(68,69)76-53-57(51-72-59(64)45-40-34-14-11-8-3)78-61(66)47-42-37-32-26-18-16-13-10-7-2/h19-22,55-58,63H,6-18,23-54H2,1-5H3,(H,68,69)(H,70,71)/b20-19-,22-21-/t56-,57+,58+/m0/s1. The largest absolute Gasteiger partial charge is 0.472 e. The molecule has 0 aliphatic rings. The molecule has 0 saturated heterocycles. The van der Waals surface area contributed by atoms with Crippen LogP contribution >= 0.6 is 15.6 Å². The van der Waals surface area contributed by atoms with Crippen molar-refractivity contribution in [1.29, 1.82) is 0 Å². The first-order chi connectivity index (χ1) is 39.0. The second kappa shape index (κ2) is 55.4. The van der Waals surface area contributed by atoms with Gasteiger partial charge in [-0.25, -0.2) is 9.13 Å². The SMILES string of the molecule is CCCCCC/C=C\C=C/CCCCCCCC(=O)O[C@H](COC(=O)CCCCCCCCCCCC(C)C)COP(=O)(O)OC[C@@H](O)COP(=O)(O)OC[C@@H](COC(=O)CCCCCCC)OC(=O)CCCCCCCCCCC. The Morgan fingerprint density at radius 1 is 0.383 bits per heavy atom. The smallest absolute Gasteiger partial charge is 0.462 e. The van der Waals surface area contributed by atoms with Crippen LogP contribution in [0.4, 0.5) is 0 Å². The van der Waals surface area contributed by atoms with Gasteiger partial charge in [0.25, 0.3) is 0 Å². The van der Waals surface area contributed by atoms with E-state index < -0.39 is 97.5 Å². The molecule has 0 aromatic carbocycles. The van der Waals surface area contributed by atoms with E-state index >= 15 is 0 Å². The van der Waals surface area contributed by atoms with Crippen LogP contribution in [0.25, 0.3) is 0 Å². The molecule has 0 aromatic rings. The summed E-state index contributed by atoms with van der Waals surface area (Å²) >= 11 is 0. The Hall–Kier alpha value is -2.46. The molecular formula is C62H116O17P2. The Kier molecular flexibility index (Phi) is 53.7. The molecule has 19 heteroatoms. The number of phosphoric acid groups is 2. The number of carbonyl (C=O) groups excluding carboxylic acids is 4. The molecule has 0 bridgehead atoms. The van der Waals surface area contributed by atoms with Gasteiger partial charge in [0, 0.05) is 25.7 Å². The fraction of sp³-hybridized carbons (Fsp3) is 0.871. The van der Waals surface area contributed by atoms with Crippen molar-refractivity contribution in [3.63, 3.8) is 0 Å². The maximum Gasteiger partial charge on any atom is 0.472 e. The van der Waals surface area contributed by atoms with Gasteiger partial charge in [-0.3, -0.25) is 37.3 Å². The van der Waals surface area contributed by atoms with E-state index in [9.17, 15) is 43.2 Å². The molecule has 476 valence electrons. The van der Waals surface area contributed by atoms with Crippen LogP contribution in [-0.4, -0.2) is 96.7 Å². The first-order valence-electron chi connectivity index (χ1n) is 32.0. The summed E-state index contributed by atoms with van der Waals surface area (Å²) in [6.07, 6.45) is 41.5. The van der Waals surface area contributed by atoms with E-state index in [1.165, 1.54) is 89.9 Å². The van der Waals surface area contributed by atoms with Gasteiger partial charge in [0.2, 0.25) is 0 Å². The van der Waals surface area contributed by atoms with E-state index in [2.05, 4.69) is 58.9 Å². The molecule has 0 saturated carbocycles. The van der Waals surface area contributed by atoms with Gasteiger partial charge in [0.05, 0.1) is 26.4 Å². The van der Waals surface area contributed by atoms with E-state index in [1.807, 2.05) is 0 Å². The molecule has 0 rings (SSSR count). The zero-order valence-electron chi connectivity index (χ0n) is 51.4. The maximum absolute atomic E-state index is 12.9. The fourth-order valence-corrected chi connectivity index (χ4v) is 10.3. The molecule has 3 N–H and O–H groups in total. The highest BCUT2D eigenvalue weighted by Crippen LogP contribution is 2.45. The van der Waals surface area contributed by atoms with Crippen molar-refractivity contribution < 1.29 is 80.2 Å². The molecule has 0 aliphatic heterocycles. The Labute approximate surface area is 491 Å². The van der Waals surface area contributed by atoms with Crippen LogP contribution in [0.1, 0.15) is 285 Å².